The predicted molar refractivity (Wildman–Crippen MR) is 101 cm³/mol. The monoisotopic (exact) mass is 404 g/mol. The third-order valence-electron chi connectivity index (χ3n) is 4.01. The van der Waals surface area contributed by atoms with Crippen LogP contribution in [0.25, 0.3) is 0 Å². The predicted octanol–water partition coefficient (Wildman–Crippen LogP) is 3.05. The minimum absolute atomic E-state index is 0.0947. The van der Waals surface area contributed by atoms with E-state index >= 15 is 0 Å². The van der Waals surface area contributed by atoms with Gasteiger partial charge < -0.3 is 24.6 Å². The van der Waals surface area contributed by atoms with Crippen LogP contribution in [-0.4, -0.2) is 36.3 Å². The molecule has 0 aliphatic rings. The van der Waals surface area contributed by atoms with Crippen molar-refractivity contribution in [2.75, 3.05) is 14.2 Å². The summed E-state index contributed by atoms with van der Waals surface area (Å²) in [5, 5.41) is 22.9. The molecule has 0 radical (unpaired) electrons. The lowest BCUT2D eigenvalue weighted by atomic mass is 10.0. The van der Waals surface area contributed by atoms with Gasteiger partial charge in [-0.2, -0.15) is 0 Å². The van der Waals surface area contributed by atoms with Crippen LogP contribution in [0.4, 0.5) is 10.5 Å². The number of carboxylic acids is 1. The molecule has 1 unspecified atom stereocenters. The van der Waals surface area contributed by atoms with Gasteiger partial charge >= 0.3 is 12.1 Å². The average molecular weight is 404 g/mol. The Balaban J connectivity index is 2.14. The van der Waals surface area contributed by atoms with E-state index in [1.54, 1.807) is 30.3 Å². The quantitative estimate of drug-likeness (QED) is 0.480. The fourth-order valence-corrected chi connectivity index (χ4v) is 2.64. The van der Waals surface area contributed by atoms with E-state index in [1.807, 2.05) is 0 Å². The van der Waals surface area contributed by atoms with Gasteiger partial charge in [0.2, 0.25) is 0 Å². The van der Waals surface area contributed by atoms with Crippen molar-refractivity contribution in [3.8, 4) is 11.5 Å². The third kappa shape index (κ3) is 5.83. The number of hydrogen-bond donors (Lipinski definition) is 2. The first-order chi connectivity index (χ1) is 13.8. The van der Waals surface area contributed by atoms with Gasteiger partial charge in [-0.3, -0.25) is 14.9 Å². The lowest BCUT2D eigenvalue weighted by molar-refractivity contribution is -0.385. The number of nitro groups is 1. The highest BCUT2D eigenvalue weighted by Gasteiger charge is 2.22. The zero-order valence-corrected chi connectivity index (χ0v) is 15.8. The maximum absolute atomic E-state index is 12.2. The van der Waals surface area contributed by atoms with E-state index in [0.717, 1.165) is 0 Å². The van der Waals surface area contributed by atoms with Crippen molar-refractivity contribution in [1.82, 2.24) is 5.32 Å². The smallest absolute Gasteiger partial charge is 0.407 e. The molecule has 0 spiro atoms. The summed E-state index contributed by atoms with van der Waals surface area (Å²) in [5.74, 6) is -0.696. The Morgan fingerprint density at radius 3 is 2.31 bits per heavy atom. The van der Waals surface area contributed by atoms with Crippen molar-refractivity contribution < 1.29 is 33.8 Å². The first-order valence-electron chi connectivity index (χ1n) is 8.45. The molecule has 10 nitrogen and oxygen atoms in total. The normalized spacial score (nSPS) is 11.2. The van der Waals surface area contributed by atoms with Gasteiger partial charge in [0.05, 0.1) is 43.2 Å². The molecule has 1 amide bonds. The van der Waals surface area contributed by atoms with Crippen LogP contribution in [0.2, 0.25) is 0 Å². The number of aliphatic carboxylic acids is 1. The summed E-state index contributed by atoms with van der Waals surface area (Å²) < 4.78 is 15.2. The number of nitro benzene ring substituents is 1. The second-order valence-corrected chi connectivity index (χ2v) is 5.87. The number of ether oxygens (including phenoxy) is 3. The zero-order valence-electron chi connectivity index (χ0n) is 15.8. The molecule has 0 fully saturated rings. The summed E-state index contributed by atoms with van der Waals surface area (Å²) in [6.45, 7) is -0.420. The molecule has 0 aliphatic heterocycles. The zero-order chi connectivity index (χ0) is 21.4. The molecule has 2 aromatic carbocycles. The van der Waals surface area contributed by atoms with Crippen LogP contribution in [-0.2, 0) is 16.1 Å². The molecule has 2 N–H and O–H groups in total. The fourth-order valence-electron chi connectivity index (χ4n) is 2.64. The van der Waals surface area contributed by atoms with Crippen molar-refractivity contribution in [2.45, 2.75) is 19.1 Å². The van der Waals surface area contributed by atoms with E-state index in [2.05, 4.69) is 5.32 Å². The van der Waals surface area contributed by atoms with Gasteiger partial charge in [0.25, 0.3) is 5.69 Å². The van der Waals surface area contributed by atoms with Gasteiger partial charge in [0, 0.05) is 0 Å². The second-order valence-electron chi connectivity index (χ2n) is 5.87. The third-order valence-corrected chi connectivity index (χ3v) is 4.01. The molecular formula is C19H20N2O8. The first kappa shape index (κ1) is 21.5. The molecule has 0 aliphatic carbocycles. The molecular weight excluding hydrogens is 384 g/mol. The lowest BCUT2D eigenvalue weighted by Crippen LogP contribution is -2.30. The Labute approximate surface area is 166 Å². The number of carboxylic acid groups (broad SMARTS) is 1. The van der Waals surface area contributed by atoms with Crippen LogP contribution in [0.15, 0.2) is 42.5 Å². The number of hydrogen-bond acceptors (Lipinski definition) is 7. The molecule has 0 saturated heterocycles. The van der Waals surface area contributed by atoms with Gasteiger partial charge in [-0.05, 0) is 11.6 Å². The van der Waals surface area contributed by atoms with Gasteiger partial charge in [0.1, 0.15) is 6.61 Å². The Bertz CT molecular complexity index is 885. The van der Waals surface area contributed by atoms with Crippen LogP contribution < -0.4 is 14.8 Å². The summed E-state index contributed by atoms with van der Waals surface area (Å²) in [6, 6.07) is 10.2. The molecule has 10 heteroatoms. The minimum Gasteiger partial charge on any atom is -0.493 e. The Hall–Kier alpha value is -3.82. The molecule has 0 heterocycles. The maximum Gasteiger partial charge on any atom is 0.407 e. The van der Waals surface area contributed by atoms with E-state index < -0.39 is 29.6 Å². The number of benzene rings is 2. The maximum atomic E-state index is 12.2. The second kappa shape index (κ2) is 9.93. The standard InChI is InChI=1S/C19H20N2O8/c1-27-16-8-13(15(21(25)26)10-17(16)28-2)11-29-19(24)20-14(9-18(22)23)12-6-4-3-5-7-12/h3-8,10,14H,9,11H2,1-2H3,(H,20,24)(H,22,23). The highest BCUT2D eigenvalue weighted by Crippen LogP contribution is 2.34. The topological polar surface area (TPSA) is 137 Å². The summed E-state index contributed by atoms with van der Waals surface area (Å²) in [4.78, 5) is 34.0. The molecule has 0 bridgehead atoms. The highest BCUT2D eigenvalue weighted by molar-refractivity contribution is 5.72. The van der Waals surface area contributed by atoms with Crippen LogP contribution in [0, 0.1) is 10.1 Å². The molecule has 0 aromatic heterocycles. The van der Waals surface area contributed by atoms with Gasteiger partial charge in [-0.1, -0.05) is 30.3 Å². The van der Waals surface area contributed by atoms with Crippen molar-refractivity contribution in [2.24, 2.45) is 0 Å². The number of rotatable bonds is 9. The summed E-state index contributed by atoms with van der Waals surface area (Å²) in [7, 11) is 2.72. The molecule has 2 rings (SSSR count). The van der Waals surface area contributed by atoms with E-state index in [9.17, 15) is 19.7 Å². The summed E-state index contributed by atoms with van der Waals surface area (Å²) in [5.41, 5.74) is 0.377. The van der Waals surface area contributed by atoms with Crippen molar-refractivity contribution >= 4 is 17.7 Å². The number of amides is 1. The largest absolute Gasteiger partial charge is 0.493 e. The van der Waals surface area contributed by atoms with E-state index in [4.69, 9.17) is 19.3 Å². The van der Waals surface area contributed by atoms with E-state index in [0.29, 0.717) is 5.56 Å². The minimum atomic E-state index is -1.10. The molecule has 29 heavy (non-hydrogen) atoms. The van der Waals surface area contributed by atoms with E-state index in [-0.39, 0.29) is 29.2 Å². The number of carbonyl (C=O) groups excluding carboxylic acids is 1. The van der Waals surface area contributed by atoms with Crippen LogP contribution >= 0.6 is 0 Å². The van der Waals surface area contributed by atoms with Crippen LogP contribution in [0.3, 0.4) is 0 Å². The summed E-state index contributed by atoms with van der Waals surface area (Å²) in [6.07, 6.45) is -1.26. The SMILES string of the molecule is COc1cc(COC(=O)NC(CC(=O)O)c2ccccc2)c([N+](=O)[O-])cc1OC. The van der Waals surface area contributed by atoms with Crippen molar-refractivity contribution in [3.63, 3.8) is 0 Å². The molecule has 2 aromatic rings. The number of nitrogens with one attached hydrogen (secondary N) is 1. The molecule has 0 saturated carbocycles. The molecule has 154 valence electrons. The van der Waals surface area contributed by atoms with Crippen molar-refractivity contribution in [3.05, 3.63) is 63.7 Å². The average Bonchev–Trinajstić information content (AvgIpc) is 2.71. The first-order valence-corrected chi connectivity index (χ1v) is 8.45. The van der Waals surface area contributed by atoms with Crippen LogP contribution in [0.1, 0.15) is 23.6 Å². The summed E-state index contributed by atoms with van der Waals surface area (Å²) >= 11 is 0. The number of alkyl carbamates (subject to hydrolysis) is 1. The fraction of sp³-hybridized carbons (Fsp3) is 0.263. The van der Waals surface area contributed by atoms with Gasteiger partial charge in [-0.25, -0.2) is 4.79 Å². The van der Waals surface area contributed by atoms with Gasteiger partial charge in [-0.15, -0.1) is 0 Å². The van der Waals surface area contributed by atoms with Crippen molar-refractivity contribution in [1.29, 1.82) is 0 Å². The lowest BCUT2D eigenvalue weighted by Gasteiger charge is -2.17. The highest BCUT2D eigenvalue weighted by atomic mass is 16.6. The Morgan fingerprint density at radius 1 is 1.14 bits per heavy atom. The van der Waals surface area contributed by atoms with Crippen LogP contribution in [0.5, 0.6) is 11.5 Å². The van der Waals surface area contributed by atoms with E-state index in [1.165, 1.54) is 26.4 Å². The molecule has 1 atom stereocenters. The number of nitrogens with zero attached hydrogens (tertiary/aromatic N) is 1. The Kier molecular flexibility index (Phi) is 7.35. The number of carbonyl (C=O) groups is 2. The number of methoxy groups -OCH3 is 2. The Morgan fingerprint density at radius 2 is 1.76 bits per heavy atom. The van der Waals surface area contributed by atoms with Gasteiger partial charge in [0.15, 0.2) is 11.5 Å².